The molecule has 0 aliphatic rings. The number of halogens is 2. The van der Waals surface area contributed by atoms with Gasteiger partial charge in [-0.15, -0.1) is 11.3 Å². The van der Waals surface area contributed by atoms with Gasteiger partial charge in [0.05, 0.1) is 11.4 Å². The number of benzene rings is 2. The number of aromatic nitrogens is 1. The van der Waals surface area contributed by atoms with Crippen LogP contribution in [0.4, 0.5) is 25.3 Å². The molecule has 2 aromatic carbocycles. The van der Waals surface area contributed by atoms with E-state index in [1.807, 2.05) is 25.1 Å². The standard InChI is InChI=1S/C22H16F2N4O2S/c1-13-5-3-4-6-19(13)27-21(30)15(11-25)9-17-12-31-22(26-17)28(14(2)29)20-8-7-16(23)10-18(20)24/h3-10,12H,1-2H3,(H,27,30)/b15-9+. The highest BCUT2D eigenvalue weighted by molar-refractivity contribution is 7.14. The highest BCUT2D eigenvalue weighted by atomic mass is 32.1. The quantitative estimate of drug-likeness (QED) is 0.451. The molecule has 0 fully saturated rings. The number of anilines is 3. The summed E-state index contributed by atoms with van der Waals surface area (Å²) < 4.78 is 27.4. The summed E-state index contributed by atoms with van der Waals surface area (Å²) >= 11 is 1.01. The summed E-state index contributed by atoms with van der Waals surface area (Å²) in [7, 11) is 0. The number of amides is 2. The number of nitrogens with one attached hydrogen (secondary N) is 1. The van der Waals surface area contributed by atoms with Crippen LogP contribution in [0.3, 0.4) is 0 Å². The SMILES string of the molecule is CC(=O)N(c1nc(/C=C(\C#N)C(=O)Nc2ccccc2C)cs1)c1ccc(F)cc1F. The van der Waals surface area contributed by atoms with Crippen molar-refractivity contribution in [2.75, 3.05) is 10.2 Å². The van der Waals surface area contributed by atoms with Crippen LogP contribution in [0.25, 0.3) is 6.08 Å². The van der Waals surface area contributed by atoms with Gasteiger partial charge in [-0.1, -0.05) is 18.2 Å². The minimum Gasteiger partial charge on any atom is -0.321 e. The summed E-state index contributed by atoms with van der Waals surface area (Å²) in [5.41, 5.74) is 1.30. The molecule has 0 radical (unpaired) electrons. The van der Waals surface area contributed by atoms with Crippen molar-refractivity contribution < 1.29 is 18.4 Å². The predicted molar refractivity (Wildman–Crippen MR) is 115 cm³/mol. The number of thiazole rings is 1. The van der Waals surface area contributed by atoms with Crippen molar-refractivity contribution in [1.29, 1.82) is 5.26 Å². The molecule has 1 N–H and O–H groups in total. The summed E-state index contributed by atoms with van der Waals surface area (Å²) in [6.07, 6.45) is 1.27. The second-order valence-electron chi connectivity index (χ2n) is 6.44. The number of hydrogen-bond acceptors (Lipinski definition) is 5. The number of para-hydroxylation sites is 1. The van der Waals surface area contributed by atoms with Crippen LogP contribution >= 0.6 is 11.3 Å². The predicted octanol–water partition coefficient (Wildman–Crippen LogP) is 4.96. The highest BCUT2D eigenvalue weighted by Gasteiger charge is 2.22. The van der Waals surface area contributed by atoms with E-state index in [0.29, 0.717) is 11.8 Å². The summed E-state index contributed by atoms with van der Waals surface area (Å²) in [4.78, 5) is 29.8. The molecule has 9 heteroatoms. The van der Waals surface area contributed by atoms with Crippen LogP contribution in [-0.2, 0) is 9.59 Å². The maximum absolute atomic E-state index is 14.2. The minimum atomic E-state index is -0.919. The molecule has 0 aliphatic carbocycles. The Morgan fingerprint density at radius 1 is 1.23 bits per heavy atom. The molecule has 3 rings (SSSR count). The lowest BCUT2D eigenvalue weighted by Gasteiger charge is -2.18. The van der Waals surface area contributed by atoms with E-state index in [9.17, 15) is 23.6 Å². The van der Waals surface area contributed by atoms with E-state index in [-0.39, 0.29) is 22.1 Å². The molecule has 1 aromatic heterocycles. The first-order chi connectivity index (χ1) is 14.8. The third-order valence-electron chi connectivity index (χ3n) is 4.22. The van der Waals surface area contributed by atoms with Crippen LogP contribution in [0, 0.1) is 29.9 Å². The maximum atomic E-state index is 14.2. The fourth-order valence-electron chi connectivity index (χ4n) is 2.71. The first-order valence-corrected chi connectivity index (χ1v) is 9.88. The summed E-state index contributed by atoms with van der Waals surface area (Å²) in [6.45, 7) is 3.04. The fourth-order valence-corrected chi connectivity index (χ4v) is 3.55. The zero-order valence-electron chi connectivity index (χ0n) is 16.5. The van der Waals surface area contributed by atoms with Crippen molar-refractivity contribution in [2.45, 2.75) is 13.8 Å². The molecule has 0 unspecified atom stereocenters. The van der Waals surface area contributed by atoms with E-state index < -0.39 is 23.4 Å². The lowest BCUT2D eigenvalue weighted by molar-refractivity contribution is -0.116. The molecule has 31 heavy (non-hydrogen) atoms. The van der Waals surface area contributed by atoms with Gasteiger partial charge in [-0.3, -0.25) is 14.5 Å². The van der Waals surface area contributed by atoms with Crippen molar-refractivity contribution in [2.24, 2.45) is 0 Å². The van der Waals surface area contributed by atoms with Crippen LogP contribution in [0.2, 0.25) is 0 Å². The first-order valence-electron chi connectivity index (χ1n) is 9.00. The Kier molecular flexibility index (Phi) is 6.52. The summed E-state index contributed by atoms with van der Waals surface area (Å²) in [6, 6.07) is 11.8. The monoisotopic (exact) mass is 438 g/mol. The molecule has 0 saturated carbocycles. The van der Waals surface area contributed by atoms with E-state index in [1.54, 1.807) is 12.1 Å². The number of nitrogens with zero attached hydrogens (tertiary/aromatic N) is 3. The normalized spacial score (nSPS) is 11.0. The van der Waals surface area contributed by atoms with Gasteiger partial charge in [-0.2, -0.15) is 5.26 Å². The largest absolute Gasteiger partial charge is 0.321 e. The highest BCUT2D eigenvalue weighted by Crippen LogP contribution is 2.31. The molecule has 3 aromatic rings. The van der Waals surface area contributed by atoms with Crippen LogP contribution in [0.5, 0.6) is 0 Å². The van der Waals surface area contributed by atoms with Gasteiger partial charge in [-0.25, -0.2) is 13.8 Å². The molecule has 156 valence electrons. The second-order valence-corrected chi connectivity index (χ2v) is 7.28. The first kappa shape index (κ1) is 21.8. The zero-order chi connectivity index (χ0) is 22.5. The Hall–Kier alpha value is -3.90. The van der Waals surface area contributed by atoms with Crippen molar-refractivity contribution >= 4 is 45.7 Å². The van der Waals surface area contributed by atoms with Crippen LogP contribution in [0.15, 0.2) is 53.4 Å². The smallest absolute Gasteiger partial charge is 0.266 e. The Morgan fingerprint density at radius 2 is 1.97 bits per heavy atom. The van der Waals surface area contributed by atoms with E-state index in [4.69, 9.17) is 0 Å². The van der Waals surface area contributed by atoms with E-state index in [0.717, 1.165) is 33.9 Å². The van der Waals surface area contributed by atoms with Crippen LogP contribution in [0.1, 0.15) is 18.2 Å². The van der Waals surface area contributed by atoms with E-state index >= 15 is 0 Å². The Bertz CT molecular complexity index is 1230. The number of carbonyl (C=O) groups is 2. The Labute approximate surface area is 181 Å². The molecule has 0 bridgehead atoms. The number of aryl methyl sites for hydroxylation is 1. The molecule has 2 amide bonds. The van der Waals surface area contributed by atoms with Crippen LogP contribution < -0.4 is 10.2 Å². The molecular weight excluding hydrogens is 422 g/mol. The van der Waals surface area contributed by atoms with Crippen molar-refractivity contribution in [3.8, 4) is 6.07 Å². The molecule has 0 spiro atoms. The minimum absolute atomic E-state index is 0.112. The van der Waals surface area contributed by atoms with Gasteiger partial charge in [-0.05, 0) is 36.8 Å². The van der Waals surface area contributed by atoms with Gasteiger partial charge in [0.15, 0.2) is 5.13 Å². The number of nitriles is 1. The zero-order valence-corrected chi connectivity index (χ0v) is 17.3. The third-order valence-corrected chi connectivity index (χ3v) is 5.06. The average Bonchev–Trinajstić information content (AvgIpc) is 3.17. The Morgan fingerprint density at radius 3 is 2.61 bits per heavy atom. The average molecular weight is 438 g/mol. The number of carbonyl (C=O) groups excluding carboxylic acids is 2. The molecule has 0 atom stereocenters. The van der Waals surface area contributed by atoms with Crippen molar-refractivity contribution in [3.63, 3.8) is 0 Å². The molecular formula is C22H16F2N4O2S. The van der Waals surface area contributed by atoms with Gasteiger partial charge in [0, 0.05) is 24.1 Å². The third kappa shape index (κ3) is 4.99. The molecule has 6 nitrogen and oxygen atoms in total. The van der Waals surface area contributed by atoms with Crippen molar-refractivity contribution in [3.05, 3.63) is 76.3 Å². The van der Waals surface area contributed by atoms with Crippen molar-refractivity contribution in [1.82, 2.24) is 4.98 Å². The van der Waals surface area contributed by atoms with Gasteiger partial charge in [0.1, 0.15) is 23.3 Å². The fraction of sp³-hybridized carbons (Fsp3) is 0.0909. The van der Waals surface area contributed by atoms with Gasteiger partial charge < -0.3 is 5.32 Å². The molecule has 0 saturated heterocycles. The molecule has 1 heterocycles. The van der Waals surface area contributed by atoms with Gasteiger partial charge in [0.25, 0.3) is 5.91 Å². The molecule has 0 aliphatic heterocycles. The summed E-state index contributed by atoms with van der Waals surface area (Å²) in [5.74, 6) is -2.84. The maximum Gasteiger partial charge on any atom is 0.266 e. The second kappa shape index (κ2) is 9.28. The number of rotatable bonds is 5. The lowest BCUT2D eigenvalue weighted by Crippen LogP contribution is -2.23. The van der Waals surface area contributed by atoms with Gasteiger partial charge in [0.2, 0.25) is 5.91 Å². The van der Waals surface area contributed by atoms with Crippen LogP contribution in [-0.4, -0.2) is 16.8 Å². The van der Waals surface area contributed by atoms with Gasteiger partial charge >= 0.3 is 0 Å². The van der Waals surface area contributed by atoms with E-state index in [1.165, 1.54) is 18.4 Å². The number of hydrogen-bond donors (Lipinski definition) is 1. The summed E-state index contributed by atoms with van der Waals surface area (Å²) in [5, 5.41) is 13.7. The van der Waals surface area contributed by atoms with E-state index in [2.05, 4.69) is 10.3 Å². The Balaban J connectivity index is 1.89. The topological polar surface area (TPSA) is 86.1 Å². The lowest BCUT2D eigenvalue weighted by atomic mass is 10.2.